The van der Waals surface area contributed by atoms with Gasteiger partial charge in [-0.25, -0.2) is 13.4 Å². The summed E-state index contributed by atoms with van der Waals surface area (Å²) in [5.74, 6) is -0.470. The normalized spacial score (nSPS) is 22.8. The summed E-state index contributed by atoms with van der Waals surface area (Å²) in [4.78, 5) is 27.4. The average Bonchev–Trinajstić information content (AvgIpc) is 3.12. The molecule has 7 nitrogen and oxygen atoms in total. The third-order valence-electron chi connectivity index (χ3n) is 4.22. The lowest BCUT2D eigenvalue weighted by molar-refractivity contribution is -0.134. The van der Waals surface area contributed by atoms with Gasteiger partial charge in [-0.1, -0.05) is 0 Å². The predicted molar refractivity (Wildman–Crippen MR) is 99.1 cm³/mol. The molecule has 10 heteroatoms. The highest BCUT2D eigenvalue weighted by atomic mass is 79.9. The number of halogens is 1. The van der Waals surface area contributed by atoms with Crippen molar-refractivity contribution in [3.05, 3.63) is 20.8 Å². The Labute approximate surface area is 158 Å². The molecule has 1 aromatic heterocycles. The Morgan fingerprint density at radius 2 is 2.24 bits per heavy atom. The van der Waals surface area contributed by atoms with E-state index in [1.807, 2.05) is 11.4 Å². The van der Waals surface area contributed by atoms with Gasteiger partial charge < -0.3 is 4.90 Å². The van der Waals surface area contributed by atoms with Crippen molar-refractivity contribution in [2.75, 3.05) is 18.6 Å². The second-order valence-electron chi connectivity index (χ2n) is 6.23. The minimum atomic E-state index is -3.12. The second-order valence-corrected chi connectivity index (χ2v) is 10.4. The lowest BCUT2D eigenvalue weighted by Crippen LogP contribution is -2.44. The molecule has 0 N–H and O–H groups in total. The van der Waals surface area contributed by atoms with Crippen molar-refractivity contribution in [3.8, 4) is 0 Å². The number of nitrogens with zero attached hydrogens (tertiary/aromatic N) is 3. The van der Waals surface area contributed by atoms with Gasteiger partial charge in [0, 0.05) is 34.6 Å². The number of sulfone groups is 1. The number of rotatable bonds is 4. The van der Waals surface area contributed by atoms with E-state index in [9.17, 15) is 18.0 Å². The van der Waals surface area contributed by atoms with E-state index < -0.39 is 15.9 Å². The zero-order chi connectivity index (χ0) is 18.2. The summed E-state index contributed by atoms with van der Waals surface area (Å²) in [7, 11) is -1.43. The van der Waals surface area contributed by atoms with E-state index in [2.05, 4.69) is 21.0 Å². The van der Waals surface area contributed by atoms with Crippen molar-refractivity contribution in [2.24, 2.45) is 5.10 Å². The molecule has 0 aromatic carbocycles. The molecular formula is C15H18BrN3O4S2. The van der Waals surface area contributed by atoms with Crippen LogP contribution in [-0.4, -0.2) is 60.4 Å². The van der Waals surface area contributed by atoms with E-state index in [1.165, 1.54) is 5.01 Å². The van der Waals surface area contributed by atoms with Gasteiger partial charge in [0.05, 0.1) is 24.1 Å². The maximum atomic E-state index is 12.6. The molecule has 1 fully saturated rings. The summed E-state index contributed by atoms with van der Waals surface area (Å²) in [6, 6.07) is 1.50. The monoisotopic (exact) mass is 447 g/mol. The van der Waals surface area contributed by atoms with Crippen LogP contribution in [0.1, 0.15) is 24.1 Å². The molecule has 1 aromatic rings. The van der Waals surface area contributed by atoms with Crippen LogP contribution in [0.2, 0.25) is 0 Å². The Morgan fingerprint density at radius 3 is 2.84 bits per heavy atom. The predicted octanol–water partition coefficient (Wildman–Crippen LogP) is 1.63. The molecular weight excluding hydrogens is 430 g/mol. The van der Waals surface area contributed by atoms with E-state index in [-0.39, 0.29) is 36.2 Å². The highest BCUT2D eigenvalue weighted by Crippen LogP contribution is 2.24. The van der Waals surface area contributed by atoms with Gasteiger partial charge in [-0.05, 0) is 28.4 Å². The number of hydrogen-bond acceptors (Lipinski definition) is 6. The molecule has 3 rings (SSSR count). The van der Waals surface area contributed by atoms with Gasteiger partial charge in [-0.15, -0.1) is 11.3 Å². The van der Waals surface area contributed by atoms with Crippen LogP contribution in [0.3, 0.4) is 0 Å². The van der Waals surface area contributed by atoms with E-state index >= 15 is 0 Å². The average molecular weight is 448 g/mol. The molecule has 1 unspecified atom stereocenters. The molecule has 136 valence electrons. The zero-order valence-electron chi connectivity index (χ0n) is 13.6. The van der Waals surface area contributed by atoms with E-state index in [0.717, 1.165) is 9.35 Å². The maximum Gasteiger partial charge on any atom is 0.270 e. The zero-order valence-corrected chi connectivity index (χ0v) is 16.9. The summed E-state index contributed by atoms with van der Waals surface area (Å²) in [5, 5.41) is 7.39. The number of hydrazone groups is 1. The maximum absolute atomic E-state index is 12.6. The van der Waals surface area contributed by atoms with Crippen LogP contribution in [-0.2, 0) is 26.0 Å². The third kappa shape index (κ3) is 4.29. The number of amides is 2. The van der Waals surface area contributed by atoms with Gasteiger partial charge >= 0.3 is 0 Å². The number of carbonyl (C=O) groups is 2. The minimum Gasteiger partial charge on any atom is -0.335 e. The van der Waals surface area contributed by atoms with Crippen molar-refractivity contribution >= 4 is 54.6 Å². The lowest BCUT2D eigenvalue weighted by Gasteiger charge is -2.28. The Kier molecular flexibility index (Phi) is 5.31. The van der Waals surface area contributed by atoms with Crippen molar-refractivity contribution < 1.29 is 18.0 Å². The molecule has 2 aliphatic rings. The van der Waals surface area contributed by atoms with Gasteiger partial charge in [0.15, 0.2) is 9.84 Å². The van der Waals surface area contributed by atoms with Gasteiger partial charge in [0.2, 0.25) is 5.91 Å². The van der Waals surface area contributed by atoms with Crippen LogP contribution in [0.4, 0.5) is 0 Å². The molecule has 0 aliphatic carbocycles. The van der Waals surface area contributed by atoms with Crippen LogP contribution < -0.4 is 0 Å². The van der Waals surface area contributed by atoms with Gasteiger partial charge in [-0.2, -0.15) is 5.10 Å². The van der Waals surface area contributed by atoms with Gasteiger partial charge in [0.25, 0.3) is 5.91 Å². The fourth-order valence-corrected chi connectivity index (χ4v) is 6.14. The SMILES string of the molecule is CN(Cc1cc(Br)cs1)C(=O)C1=NN(C2CCS(=O)(=O)C2)C(=O)CC1. The van der Waals surface area contributed by atoms with Crippen molar-refractivity contribution in [1.82, 2.24) is 9.91 Å². The van der Waals surface area contributed by atoms with Crippen LogP contribution >= 0.6 is 27.3 Å². The highest BCUT2D eigenvalue weighted by molar-refractivity contribution is 9.10. The van der Waals surface area contributed by atoms with Crippen LogP contribution in [0.25, 0.3) is 0 Å². The van der Waals surface area contributed by atoms with Crippen LogP contribution in [0, 0.1) is 0 Å². The molecule has 0 radical (unpaired) electrons. The largest absolute Gasteiger partial charge is 0.335 e. The molecule has 1 atom stereocenters. The summed E-state index contributed by atoms with van der Waals surface area (Å²) >= 11 is 4.94. The first-order valence-corrected chi connectivity index (χ1v) is 11.3. The molecule has 0 spiro atoms. The van der Waals surface area contributed by atoms with Gasteiger partial charge in [0.1, 0.15) is 5.71 Å². The minimum absolute atomic E-state index is 0.0629. The molecule has 3 heterocycles. The summed E-state index contributed by atoms with van der Waals surface area (Å²) in [6.45, 7) is 0.458. The fraction of sp³-hybridized carbons (Fsp3) is 0.533. The van der Waals surface area contributed by atoms with Crippen molar-refractivity contribution in [3.63, 3.8) is 0 Å². The summed E-state index contributed by atoms with van der Waals surface area (Å²) in [5.41, 5.74) is 0.307. The molecule has 0 saturated carbocycles. The number of carbonyl (C=O) groups excluding carboxylic acids is 2. The molecule has 2 amide bonds. The molecule has 0 bridgehead atoms. The first-order valence-electron chi connectivity index (χ1n) is 7.83. The first-order chi connectivity index (χ1) is 11.7. The Balaban J connectivity index is 1.73. The van der Waals surface area contributed by atoms with Gasteiger partial charge in [-0.3, -0.25) is 9.59 Å². The smallest absolute Gasteiger partial charge is 0.270 e. The second kappa shape index (κ2) is 7.16. The Morgan fingerprint density at radius 1 is 1.48 bits per heavy atom. The van der Waals surface area contributed by atoms with Crippen molar-refractivity contribution in [1.29, 1.82) is 0 Å². The van der Waals surface area contributed by atoms with Crippen molar-refractivity contribution in [2.45, 2.75) is 31.8 Å². The Bertz CT molecular complexity index is 834. The topological polar surface area (TPSA) is 87.1 Å². The third-order valence-corrected chi connectivity index (χ3v) is 7.65. The Hall–Kier alpha value is -1.26. The van der Waals surface area contributed by atoms with Crippen LogP contribution in [0.15, 0.2) is 21.0 Å². The fourth-order valence-electron chi connectivity index (χ4n) is 2.94. The molecule has 2 aliphatic heterocycles. The molecule has 1 saturated heterocycles. The molecule has 25 heavy (non-hydrogen) atoms. The quantitative estimate of drug-likeness (QED) is 0.701. The first kappa shape index (κ1) is 18.5. The number of thiophene rings is 1. The number of hydrogen-bond donors (Lipinski definition) is 0. The van der Waals surface area contributed by atoms with E-state index in [1.54, 1.807) is 23.3 Å². The van der Waals surface area contributed by atoms with E-state index in [4.69, 9.17) is 0 Å². The van der Waals surface area contributed by atoms with E-state index in [0.29, 0.717) is 18.7 Å². The highest BCUT2D eigenvalue weighted by Gasteiger charge is 2.37. The van der Waals surface area contributed by atoms with Crippen LogP contribution in [0.5, 0.6) is 0 Å². The standard InChI is InChI=1S/C15H18BrN3O4S2/c1-18(7-12-6-10(16)8-24-12)15(21)13-2-3-14(20)19(17-13)11-4-5-25(22,23)9-11/h6,8,11H,2-5,7,9H2,1H3. The summed E-state index contributed by atoms with van der Waals surface area (Å²) in [6.07, 6.45) is 0.837. The lowest BCUT2D eigenvalue weighted by atomic mass is 10.1. The summed E-state index contributed by atoms with van der Waals surface area (Å²) < 4.78 is 24.3.